The lowest BCUT2D eigenvalue weighted by Gasteiger charge is -2.02. The number of ether oxygens (including phenoxy) is 1. The molecule has 0 fully saturated rings. The van der Waals surface area contributed by atoms with E-state index in [2.05, 4.69) is 20.3 Å². The second-order valence-electron chi connectivity index (χ2n) is 5.48. The minimum atomic E-state index is -0.597. The fourth-order valence-electron chi connectivity index (χ4n) is 2.59. The molecule has 9 nitrogen and oxygen atoms in total. The number of amides is 2. The number of furan rings is 1. The molecule has 3 heterocycles. The molecule has 0 aliphatic heterocycles. The number of fused-ring (bicyclic) bond motifs is 2. The van der Waals surface area contributed by atoms with E-state index in [0.717, 1.165) is 0 Å². The number of pyridine rings is 1. The van der Waals surface area contributed by atoms with E-state index in [4.69, 9.17) is 14.9 Å². The van der Waals surface area contributed by atoms with Gasteiger partial charge >= 0.3 is 0 Å². The van der Waals surface area contributed by atoms with Crippen molar-refractivity contribution in [3.05, 3.63) is 47.9 Å². The fraction of sp³-hybridized carbons (Fsp3) is 0.0588. The molecule has 1 aromatic carbocycles. The van der Waals surface area contributed by atoms with Crippen LogP contribution in [0.15, 0.2) is 40.9 Å². The van der Waals surface area contributed by atoms with E-state index in [-0.39, 0.29) is 17.3 Å². The Morgan fingerprint density at radius 3 is 2.88 bits per heavy atom. The molecule has 0 aliphatic rings. The number of methoxy groups -OCH3 is 1. The maximum Gasteiger partial charge on any atom is 0.293 e. The Bertz CT molecular complexity index is 1130. The minimum Gasteiger partial charge on any atom is -0.494 e. The van der Waals surface area contributed by atoms with E-state index in [0.29, 0.717) is 27.9 Å². The Hall–Kier alpha value is -3.88. The molecule has 0 aliphatic carbocycles. The van der Waals surface area contributed by atoms with E-state index >= 15 is 0 Å². The topological polar surface area (TPSA) is 136 Å². The molecule has 130 valence electrons. The number of nitrogens with two attached hydrogens (primary N) is 1. The lowest BCUT2D eigenvalue weighted by molar-refractivity contribution is 0.0991. The predicted octanol–water partition coefficient (Wildman–Crippen LogP) is 2.06. The van der Waals surface area contributed by atoms with Gasteiger partial charge in [0.05, 0.1) is 12.6 Å². The van der Waals surface area contributed by atoms with Crippen molar-refractivity contribution in [3.8, 4) is 5.75 Å². The highest BCUT2D eigenvalue weighted by Crippen LogP contribution is 2.27. The number of primary amides is 1. The molecule has 4 rings (SSSR count). The lowest BCUT2D eigenvalue weighted by Crippen LogP contribution is -2.11. The molecule has 3 aromatic heterocycles. The van der Waals surface area contributed by atoms with Crippen molar-refractivity contribution < 1.29 is 18.7 Å². The van der Waals surface area contributed by atoms with Gasteiger partial charge in [-0.3, -0.25) is 19.9 Å². The molecule has 0 bridgehead atoms. The summed E-state index contributed by atoms with van der Waals surface area (Å²) >= 11 is 0. The summed E-state index contributed by atoms with van der Waals surface area (Å²) in [6.07, 6.45) is 1.61. The van der Waals surface area contributed by atoms with Crippen LogP contribution in [-0.4, -0.2) is 33.9 Å². The number of benzene rings is 1. The summed E-state index contributed by atoms with van der Waals surface area (Å²) < 4.78 is 10.7. The maximum atomic E-state index is 12.4. The molecule has 9 heteroatoms. The van der Waals surface area contributed by atoms with Gasteiger partial charge in [-0.2, -0.15) is 0 Å². The van der Waals surface area contributed by atoms with E-state index in [1.54, 1.807) is 24.4 Å². The number of H-pyrrole nitrogens is 1. The van der Waals surface area contributed by atoms with Crippen LogP contribution in [0.3, 0.4) is 0 Å². The standard InChI is InChI=1S/C17H13N5O4/c1-25-12-6-8(15(18)23)5-10-14(12)21-17(20-10)22-16(24)13-7-9-11(26-13)3-2-4-19-9/h2-7H,1H3,(H2,18,23)(H2,20,21,22,24). The van der Waals surface area contributed by atoms with Crippen molar-refractivity contribution in [2.75, 3.05) is 12.4 Å². The zero-order valence-electron chi connectivity index (χ0n) is 13.6. The number of carbonyl (C=O) groups is 2. The average Bonchev–Trinajstić information content (AvgIpc) is 3.23. The number of hydrogen-bond acceptors (Lipinski definition) is 6. The van der Waals surface area contributed by atoms with E-state index < -0.39 is 11.8 Å². The summed E-state index contributed by atoms with van der Waals surface area (Å²) in [4.78, 5) is 35.1. The summed E-state index contributed by atoms with van der Waals surface area (Å²) in [5.41, 5.74) is 7.62. The van der Waals surface area contributed by atoms with Crippen LogP contribution >= 0.6 is 0 Å². The van der Waals surface area contributed by atoms with E-state index in [9.17, 15) is 9.59 Å². The minimum absolute atomic E-state index is 0.101. The Labute approximate surface area is 146 Å². The van der Waals surface area contributed by atoms with E-state index in [1.165, 1.54) is 19.2 Å². The third-order valence-electron chi connectivity index (χ3n) is 3.80. The van der Waals surface area contributed by atoms with Gasteiger partial charge in [-0.25, -0.2) is 4.98 Å². The van der Waals surface area contributed by atoms with Gasteiger partial charge < -0.3 is 19.9 Å². The Morgan fingerprint density at radius 1 is 1.31 bits per heavy atom. The van der Waals surface area contributed by atoms with Crippen LogP contribution in [-0.2, 0) is 0 Å². The molecule has 0 unspecified atom stereocenters. The van der Waals surface area contributed by atoms with Gasteiger partial charge in [-0.1, -0.05) is 0 Å². The Morgan fingerprint density at radius 2 is 2.15 bits per heavy atom. The molecule has 0 saturated carbocycles. The number of imidazole rings is 1. The number of carbonyl (C=O) groups excluding carboxylic acids is 2. The number of rotatable bonds is 4. The number of aromatic amines is 1. The van der Waals surface area contributed by atoms with Gasteiger partial charge in [0, 0.05) is 17.8 Å². The number of nitrogens with zero attached hydrogens (tertiary/aromatic N) is 2. The van der Waals surface area contributed by atoms with Crippen LogP contribution in [0.25, 0.3) is 22.1 Å². The SMILES string of the molecule is COc1cc(C(N)=O)cc2[nH]c(NC(=O)c3cc4ncccc4o3)nc12. The number of anilines is 1. The smallest absolute Gasteiger partial charge is 0.293 e. The van der Waals surface area contributed by atoms with Crippen LogP contribution in [0.2, 0.25) is 0 Å². The van der Waals surface area contributed by atoms with Gasteiger partial charge in [0.25, 0.3) is 5.91 Å². The van der Waals surface area contributed by atoms with Gasteiger partial charge in [0.2, 0.25) is 11.9 Å². The third kappa shape index (κ3) is 2.61. The van der Waals surface area contributed by atoms with E-state index in [1.807, 2.05) is 0 Å². The molecule has 0 spiro atoms. The quantitative estimate of drug-likeness (QED) is 0.515. The highest BCUT2D eigenvalue weighted by Gasteiger charge is 2.17. The fourth-order valence-corrected chi connectivity index (χ4v) is 2.59. The number of nitrogens with one attached hydrogen (secondary N) is 2. The normalized spacial score (nSPS) is 11.0. The Kier molecular flexibility index (Phi) is 3.54. The predicted molar refractivity (Wildman–Crippen MR) is 93.1 cm³/mol. The van der Waals surface area contributed by atoms with Gasteiger partial charge in [-0.05, 0) is 24.3 Å². The molecule has 2 amide bonds. The van der Waals surface area contributed by atoms with Gasteiger partial charge in [0.15, 0.2) is 11.3 Å². The van der Waals surface area contributed by atoms with Crippen LogP contribution in [0.1, 0.15) is 20.9 Å². The van der Waals surface area contributed by atoms with Crippen LogP contribution in [0.5, 0.6) is 5.75 Å². The van der Waals surface area contributed by atoms with Crippen molar-refractivity contribution in [2.24, 2.45) is 5.73 Å². The molecule has 0 saturated heterocycles. The Balaban J connectivity index is 1.68. The van der Waals surface area contributed by atoms with Crippen molar-refractivity contribution in [3.63, 3.8) is 0 Å². The summed E-state index contributed by atoms with van der Waals surface area (Å²) in [5.74, 6) is -0.445. The van der Waals surface area contributed by atoms with Crippen LogP contribution in [0, 0.1) is 0 Å². The molecule has 4 N–H and O–H groups in total. The first-order valence-corrected chi connectivity index (χ1v) is 7.58. The summed E-state index contributed by atoms with van der Waals surface area (Å²) in [6.45, 7) is 0. The van der Waals surface area contributed by atoms with Crippen molar-refractivity contribution in [1.29, 1.82) is 0 Å². The largest absolute Gasteiger partial charge is 0.494 e. The maximum absolute atomic E-state index is 12.4. The first-order valence-electron chi connectivity index (χ1n) is 7.58. The molecule has 0 atom stereocenters. The van der Waals surface area contributed by atoms with Crippen molar-refractivity contribution in [2.45, 2.75) is 0 Å². The number of aromatic nitrogens is 3. The zero-order chi connectivity index (χ0) is 18.3. The second-order valence-corrected chi connectivity index (χ2v) is 5.48. The summed E-state index contributed by atoms with van der Waals surface area (Å²) in [7, 11) is 1.45. The highest BCUT2D eigenvalue weighted by atomic mass is 16.5. The van der Waals surface area contributed by atoms with Crippen molar-refractivity contribution in [1.82, 2.24) is 15.0 Å². The molecular weight excluding hydrogens is 338 g/mol. The summed E-state index contributed by atoms with van der Waals surface area (Å²) in [5, 5.41) is 2.61. The number of hydrogen-bond donors (Lipinski definition) is 3. The van der Waals surface area contributed by atoms with Crippen LogP contribution in [0.4, 0.5) is 5.95 Å². The van der Waals surface area contributed by atoms with Crippen molar-refractivity contribution >= 4 is 39.9 Å². The van der Waals surface area contributed by atoms with Crippen LogP contribution < -0.4 is 15.8 Å². The zero-order valence-corrected chi connectivity index (χ0v) is 13.6. The molecule has 26 heavy (non-hydrogen) atoms. The van der Waals surface area contributed by atoms with Gasteiger partial charge in [-0.15, -0.1) is 0 Å². The third-order valence-corrected chi connectivity index (χ3v) is 3.80. The first-order chi connectivity index (χ1) is 12.5. The molecule has 0 radical (unpaired) electrons. The average molecular weight is 351 g/mol. The lowest BCUT2D eigenvalue weighted by atomic mass is 10.2. The first kappa shape index (κ1) is 15.6. The molecular formula is C17H13N5O4. The monoisotopic (exact) mass is 351 g/mol. The van der Waals surface area contributed by atoms with Gasteiger partial charge in [0.1, 0.15) is 16.8 Å². The summed E-state index contributed by atoms with van der Waals surface area (Å²) in [6, 6.07) is 8.00. The second kappa shape index (κ2) is 5.88. The molecule has 4 aromatic rings. The highest BCUT2D eigenvalue weighted by molar-refractivity contribution is 6.04.